The summed E-state index contributed by atoms with van der Waals surface area (Å²) >= 11 is 3.47. The molecule has 0 heterocycles. The van der Waals surface area contributed by atoms with Crippen molar-refractivity contribution in [1.29, 1.82) is 0 Å². The van der Waals surface area contributed by atoms with Crippen LogP contribution in [0.1, 0.15) is 22.3 Å². The molecule has 0 unspecified atom stereocenters. The van der Waals surface area contributed by atoms with Crippen molar-refractivity contribution >= 4 is 27.6 Å². The van der Waals surface area contributed by atoms with Gasteiger partial charge in [0.1, 0.15) is 0 Å². The van der Waals surface area contributed by atoms with Crippen LogP contribution in [0.4, 0.5) is 10.5 Å². The maximum atomic E-state index is 12.0. The van der Waals surface area contributed by atoms with E-state index < -0.39 is 0 Å². The average Bonchev–Trinajstić information content (AvgIpc) is 2.42. The lowest BCUT2D eigenvalue weighted by Gasteiger charge is -2.14. The molecular formula is C17H19BrN2O. The first kappa shape index (κ1) is 15.6. The van der Waals surface area contributed by atoms with E-state index in [-0.39, 0.29) is 6.03 Å². The highest BCUT2D eigenvalue weighted by Crippen LogP contribution is 2.22. The van der Waals surface area contributed by atoms with Crippen molar-refractivity contribution in [3.8, 4) is 0 Å². The van der Waals surface area contributed by atoms with Crippen LogP contribution in [-0.4, -0.2) is 6.03 Å². The number of aryl methyl sites for hydroxylation is 3. The lowest BCUT2D eigenvalue weighted by atomic mass is 10.1. The lowest BCUT2D eigenvalue weighted by molar-refractivity contribution is 0.251. The van der Waals surface area contributed by atoms with Gasteiger partial charge in [-0.1, -0.05) is 51.8 Å². The van der Waals surface area contributed by atoms with Gasteiger partial charge in [0.2, 0.25) is 0 Å². The van der Waals surface area contributed by atoms with Crippen molar-refractivity contribution < 1.29 is 4.79 Å². The number of halogens is 1. The van der Waals surface area contributed by atoms with E-state index in [2.05, 4.69) is 45.6 Å². The Morgan fingerprint density at radius 3 is 2.33 bits per heavy atom. The van der Waals surface area contributed by atoms with Crippen LogP contribution in [0.2, 0.25) is 0 Å². The molecule has 0 atom stereocenters. The van der Waals surface area contributed by atoms with Gasteiger partial charge in [-0.05, 0) is 43.5 Å². The van der Waals surface area contributed by atoms with E-state index >= 15 is 0 Å². The normalized spacial score (nSPS) is 10.3. The highest BCUT2D eigenvalue weighted by atomic mass is 79.9. The molecule has 0 fully saturated rings. The molecule has 2 rings (SSSR count). The molecule has 0 aromatic heterocycles. The highest BCUT2D eigenvalue weighted by molar-refractivity contribution is 9.10. The van der Waals surface area contributed by atoms with Crippen molar-refractivity contribution in [2.45, 2.75) is 27.3 Å². The molecule has 0 bridgehead atoms. The third kappa shape index (κ3) is 4.08. The van der Waals surface area contributed by atoms with Crippen LogP contribution < -0.4 is 10.6 Å². The van der Waals surface area contributed by atoms with Crippen molar-refractivity contribution in [2.24, 2.45) is 0 Å². The molecule has 2 aromatic rings. The largest absolute Gasteiger partial charge is 0.334 e. The van der Waals surface area contributed by atoms with E-state index in [1.165, 1.54) is 5.56 Å². The first-order valence-corrected chi connectivity index (χ1v) is 7.63. The average molecular weight is 347 g/mol. The zero-order chi connectivity index (χ0) is 15.4. The second-order valence-corrected chi connectivity index (χ2v) is 6.03. The van der Waals surface area contributed by atoms with E-state index in [1.54, 1.807) is 0 Å². The first-order valence-electron chi connectivity index (χ1n) is 6.83. The van der Waals surface area contributed by atoms with Gasteiger partial charge in [0.05, 0.1) is 0 Å². The molecule has 2 N–H and O–H groups in total. The molecule has 4 heteroatoms. The Kier molecular flexibility index (Phi) is 5.02. The quantitative estimate of drug-likeness (QED) is 0.831. The van der Waals surface area contributed by atoms with Gasteiger partial charge in [-0.3, -0.25) is 0 Å². The van der Waals surface area contributed by atoms with E-state index in [1.807, 2.05) is 38.1 Å². The Hall–Kier alpha value is -1.81. The van der Waals surface area contributed by atoms with Gasteiger partial charge in [-0.2, -0.15) is 0 Å². The zero-order valence-electron chi connectivity index (χ0n) is 12.5. The van der Waals surface area contributed by atoms with Crippen LogP contribution in [0, 0.1) is 20.8 Å². The first-order chi connectivity index (χ1) is 9.97. The van der Waals surface area contributed by atoms with Gasteiger partial charge >= 0.3 is 6.03 Å². The smallest absolute Gasteiger partial charge is 0.319 e. The second-order valence-electron chi connectivity index (χ2n) is 5.17. The summed E-state index contributed by atoms with van der Waals surface area (Å²) in [6.45, 7) is 6.54. The molecule has 0 saturated heterocycles. The van der Waals surface area contributed by atoms with Crippen LogP contribution in [0.15, 0.2) is 40.9 Å². The number of hydrogen-bond acceptors (Lipinski definition) is 1. The molecule has 2 aromatic carbocycles. The number of carbonyl (C=O) groups is 1. The third-order valence-corrected chi connectivity index (χ3v) is 4.09. The predicted molar refractivity (Wildman–Crippen MR) is 90.7 cm³/mol. The SMILES string of the molecule is Cc1cc(C)c(NC(=O)NCc2ccccc2Br)c(C)c1. The summed E-state index contributed by atoms with van der Waals surface area (Å²) in [6.07, 6.45) is 0. The summed E-state index contributed by atoms with van der Waals surface area (Å²) in [5.74, 6) is 0. The summed E-state index contributed by atoms with van der Waals surface area (Å²) in [4.78, 5) is 12.0. The topological polar surface area (TPSA) is 41.1 Å². The summed E-state index contributed by atoms with van der Waals surface area (Å²) in [6, 6.07) is 11.8. The van der Waals surface area contributed by atoms with E-state index in [4.69, 9.17) is 0 Å². The molecule has 0 spiro atoms. The molecule has 21 heavy (non-hydrogen) atoms. The maximum absolute atomic E-state index is 12.0. The predicted octanol–water partition coefficient (Wildman–Crippen LogP) is 4.70. The van der Waals surface area contributed by atoms with Gasteiger partial charge in [0, 0.05) is 16.7 Å². The molecule has 0 saturated carbocycles. The molecule has 3 nitrogen and oxygen atoms in total. The summed E-state index contributed by atoms with van der Waals surface area (Å²) in [5.41, 5.74) is 5.27. The Bertz CT molecular complexity index is 645. The standard InChI is InChI=1S/C17H19BrN2O/c1-11-8-12(2)16(13(3)9-11)20-17(21)19-10-14-6-4-5-7-15(14)18/h4-9H,10H2,1-3H3,(H2,19,20,21). The van der Waals surface area contributed by atoms with Crippen molar-refractivity contribution in [1.82, 2.24) is 5.32 Å². The molecule has 0 aliphatic rings. The van der Waals surface area contributed by atoms with Crippen LogP contribution in [0.3, 0.4) is 0 Å². The second kappa shape index (κ2) is 6.76. The van der Waals surface area contributed by atoms with Crippen LogP contribution in [0.25, 0.3) is 0 Å². The third-order valence-electron chi connectivity index (χ3n) is 3.31. The van der Waals surface area contributed by atoms with Crippen LogP contribution in [-0.2, 0) is 6.54 Å². The molecule has 0 aliphatic carbocycles. The number of anilines is 1. The minimum atomic E-state index is -0.194. The fourth-order valence-electron chi connectivity index (χ4n) is 2.35. The van der Waals surface area contributed by atoms with E-state index in [0.29, 0.717) is 6.54 Å². The fraction of sp³-hybridized carbons (Fsp3) is 0.235. The Balaban J connectivity index is 2.01. The Morgan fingerprint density at radius 2 is 1.71 bits per heavy atom. The van der Waals surface area contributed by atoms with Crippen LogP contribution in [0.5, 0.6) is 0 Å². The number of carbonyl (C=O) groups excluding carboxylic acids is 1. The van der Waals surface area contributed by atoms with E-state index in [9.17, 15) is 4.79 Å². The van der Waals surface area contributed by atoms with Gasteiger partial charge < -0.3 is 10.6 Å². The van der Waals surface area contributed by atoms with Gasteiger partial charge in [0.15, 0.2) is 0 Å². The van der Waals surface area contributed by atoms with E-state index in [0.717, 1.165) is 26.9 Å². The summed E-state index contributed by atoms with van der Waals surface area (Å²) < 4.78 is 0.994. The monoisotopic (exact) mass is 346 g/mol. The van der Waals surface area contributed by atoms with Crippen molar-refractivity contribution in [2.75, 3.05) is 5.32 Å². The number of amides is 2. The van der Waals surface area contributed by atoms with Gasteiger partial charge in [-0.25, -0.2) is 4.79 Å². The maximum Gasteiger partial charge on any atom is 0.319 e. The van der Waals surface area contributed by atoms with Crippen molar-refractivity contribution in [3.05, 3.63) is 63.1 Å². The zero-order valence-corrected chi connectivity index (χ0v) is 14.0. The number of hydrogen-bond donors (Lipinski definition) is 2. The molecule has 0 aliphatic heterocycles. The Morgan fingerprint density at radius 1 is 1.10 bits per heavy atom. The fourth-order valence-corrected chi connectivity index (χ4v) is 2.78. The molecule has 2 amide bonds. The molecule has 110 valence electrons. The minimum absolute atomic E-state index is 0.194. The summed E-state index contributed by atoms with van der Waals surface area (Å²) in [5, 5.41) is 5.81. The minimum Gasteiger partial charge on any atom is -0.334 e. The number of urea groups is 1. The number of benzene rings is 2. The Labute approximate surface area is 133 Å². The number of rotatable bonds is 3. The number of nitrogens with one attached hydrogen (secondary N) is 2. The summed E-state index contributed by atoms with van der Waals surface area (Å²) in [7, 11) is 0. The highest BCUT2D eigenvalue weighted by Gasteiger charge is 2.08. The molecule has 0 radical (unpaired) electrons. The van der Waals surface area contributed by atoms with Gasteiger partial charge in [0.25, 0.3) is 0 Å². The lowest BCUT2D eigenvalue weighted by Crippen LogP contribution is -2.29. The molecular weight excluding hydrogens is 328 g/mol. The van der Waals surface area contributed by atoms with Crippen LogP contribution >= 0.6 is 15.9 Å². The van der Waals surface area contributed by atoms with Crippen molar-refractivity contribution in [3.63, 3.8) is 0 Å². The van der Waals surface area contributed by atoms with Gasteiger partial charge in [-0.15, -0.1) is 0 Å².